The standard InChI is InChI=1S/C22H24N4O2/c1-24-20-5-3-2-4-19(20)23-22(24)16-14-21(27)26(15-16)18-8-6-17(7-9-18)25-10-12-28-13-11-25/h2-9,16H,10-15H2,1H3. The lowest BCUT2D eigenvalue weighted by Gasteiger charge is -2.29. The van der Waals surface area contributed by atoms with Crippen molar-refractivity contribution in [2.24, 2.45) is 7.05 Å². The van der Waals surface area contributed by atoms with Gasteiger partial charge in [-0.15, -0.1) is 0 Å². The molecule has 144 valence electrons. The Hall–Kier alpha value is -2.86. The molecule has 2 aliphatic heterocycles. The third kappa shape index (κ3) is 2.94. The van der Waals surface area contributed by atoms with E-state index in [0.717, 1.165) is 48.8 Å². The van der Waals surface area contributed by atoms with Crippen LogP contribution in [0.2, 0.25) is 0 Å². The molecule has 2 fully saturated rings. The fourth-order valence-electron chi connectivity index (χ4n) is 4.32. The lowest BCUT2D eigenvalue weighted by Crippen LogP contribution is -2.36. The number of aryl methyl sites for hydroxylation is 1. The van der Waals surface area contributed by atoms with Gasteiger partial charge in [0.05, 0.1) is 24.2 Å². The Labute approximate surface area is 164 Å². The normalized spacial score (nSPS) is 20.3. The number of benzene rings is 2. The van der Waals surface area contributed by atoms with Crippen molar-refractivity contribution >= 4 is 28.3 Å². The molecule has 0 N–H and O–H groups in total. The molecule has 1 amide bonds. The maximum Gasteiger partial charge on any atom is 0.227 e. The second-order valence-corrected chi connectivity index (χ2v) is 7.54. The summed E-state index contributed by atoms with van der Waals surface area (Å²) in [5, 5.41) is 0. The number of nitrogens with zero attached hydrogens (tertiary/aromatic N) is 4. The van der Waals surface area contributed by atoms with Crippen LogP contribution in [-0.2, 0) is 16.6 Å². The van der Waals surface area contributed by atoms with E-state index in [9.17, 15) is 4.79 Å². The maximum atomic E-state index is 12.7. The van der Waals surface area contributed by atoms with Gasteiger partial charge in [-0.1, -0.05) is 12.1 Å². The third-order valence-corrected chi connectivity index (χ3v) is 5.85. The first-order chi connectivity index (χ1) is 13.7. The van der Waals surface area contributed by atoms with Crippen LogP contribution in [0.3, 0.4) is 0 Å². The van der Waals surface area contributed by atoms with Gasteiger partial charge in [-0.05, 0) is 36.4 Å². The number of carbonyl (C=O) groups excluding carboxylic acids is 1. The van der Waals surface area contributed by atoms with Crippen molar-refractivity contribution in [3.63, 3.8) is 0 Å². The van der Waals surface area contributed by atoms with Crippen LogP contribution in [0.4, 0.5) is 11.4 Å². The molecule has 1 atom stereocenters. The minimum Gasteiger partial charge on any atom is -0.378 e. The highest BCUT2D eigenvalue weighted by Gasteiger charge is 2.34. The monoisotopic (exact) mass is 376 g/mol. The third-order valence-electron chi connectivity index (χ3n) is 5.85. The van der Waals surface area contributed by atoms with E-state index in [-0.39, 0.29) is 11.8 Å². The predicted molar refractivity (Wildman–Crippen MR) is 110 cm³/mol. The molecule has 0 spiro atoms. The Morgan fingerprint density at radius 2 is 1.71 bits per heavy atom. The highest BCUT2D eigenvalue weighted by Crippen LogP contribution is 2.33. The number of para-hydroxylation sites is 2. The summed E-state index contributed by atoms with van der Waals surface area (Å²) in [5.74, 6) is 1.27. The van der Waals surface area contributed by atoms with Gasteiger partial charge in [0.25, 0.3) is 0 Å². The molecule has 28 heavy (non-hydrogen) atoms. The molecule has 3 aromatic rings. The van der Waals surface area contributed by atoms with E-state index < -0.39 is 0 Å². The Morgan fingerprint density at radius 1 is 1.00 bits per heavy atom. The van der Waals surface area contributed by atoms with Crippen molar-refractivity contribution in [3.05, 3.63) is 54.4 Å². The topological polar surface area (TPSA) is 50.6 Å². The lowest BCUT2D eigenvalue weighted by molar-refractivity contribution is -0.117. The van der Waals surface area contributed by atoms with E-state index in [1.807, 2.05) is 30.1 Å². The molecule has 0 radical (unpaired) electrons. The Bertz CT molecular complexity index is 1010. The number of hydrogen-bond acceptors (Lipinski definition) is 4. The number of imidazole rings is 1. The van der Waals surface area contributed by atoms with Gasteiger partial charge in [0, 0.05) is 50.4 Å². The second kappa shape index (κ2) is 6.95. The van der Waals surface area contributed by atoms with E-state index in [1.165, 1.54) is 5.69 Å². The fourth-order valence-corrected chi connectivity index (χ4v) is 4.32. The van der Waals surface area contributed by atoms with Crippen molar-refractivity contribution < 1.29 is 9.53 Å². The number of aromatic nitrogens is 2. The molecule has 6 heteroatoms. The van der Waals surface area contributed by atoms with Gasteiger partial charge in [-0.3, -0.25) is 4.79 Å². The van der Waals surface area contributed by atoms with Crippen LogP contribution in [-0.4, -0.2) is 48.3 Å². The van der Waals surface area contributed by atoms with Gasteiger partial charge in [0.1, 0.15) is 5.82 Å². The maximum absolute atomic E-state index is 12.7. The smallest absolute Gasteiger partial charge is 0.227 e. The molecular formula is C22H24N4O2. The van der Waals surface area contributed by atoms with Crippen LogP contribution >= 0.6 is 0 Å². The number of fused-ring (bicyclic) bond motifs is 1. The van der Waals surface area contributed by atoms with Gasteiger partial charge in [0.2, 0.25) is 5.91 Å². The van der Waals surface area contributed by atoms with Crippen LogP contribution in [0, 0.1) is 0 Å². The van der Waals surface area contributed by atoms with Gasteiger partial charge in [-0.25, -0.2) is 4.98 Å². The summed E-state index contributed by atoms with van der Waals surface area (Å²) in [5.41, 5.74) is 4.24. The quantitative estimate of drug-likeness (QED) is 0.705. The van der Waals surface area contributed by atoms with Gasteiger partial charge < -0.3 is 19.1 Å². The summed E-state index contributed by atoms with van der Waals surface area (Å²) in [6.45, 7) is 4.04. The summed E-state index contributed by atoms with van der Waals surface area (Å²) in [7, 11) is 2.04. The number of morpholine rings is 1. The molecule has 5 rings (SSSR count). The van der Waals surface area contributed by atoms with Crippen molar-refractivity contribution in [1.29, 1.82) is 0 Å². The number of hydrogen-bond donors (Lipinski definition) is 0. The Balaban J connectivity index is 1.36. The van der Waals surface area contributed by atoms with Crippen LogP contribution in [0.1, 0.15) is 18.2 Å². The number of amides is 1. The van der Waals surface area contributed by atoms with Crippen molar-refractivity contribution in [3.8, 4) is 0 Å². The number of anilines is 2. The molecule has 2 aromatic carbocycles. The van der Waals surface area contributed by atoms with E-state index in [0.29, 0.717) is 13.0 Å². The number of ether oxygens (including phenoxy) is 1. The minimum absolute atomic E-state index is 0.115. The summed E-state index contributed by atoms with van der Waals surface area (Å²) < 4.78 is 7.55. The highest BCUT2D eigenvalue weighted by atomic mass is 16.5. The Kier molecular flexibility index (Phi) is 4.28. The zero-order valence-corrected chi connectivity index (χ0v) is 16.0. The van der Waals surface area contributed by atoms with E-state index in [4.69, 9.17) is 9.72 Å². The first kappa shape index (κ1) is 17.3. The van der Waals surface area contributed by atoms with E-state index in [1.54, 1.807) is 0 Å². The molecule has 3 heterocycles. The summed E-state index contributed by atoms with van der Waals surface area (Å²) >= 11 is 0. The van der Waals surface area contributed by atoms with Crippen LogP contribution in [0.5, 0.6) is 0 Å². The highest BCUT2D eigenvalue weighted by molar-refractivity contribution is 5.96. The fraction of sp³-hybridized carbons (Fsp3) is 0.364. The minimum atomic E-state index is 0.115. The van der Waals surface area contributed by atoms with Crippen LogP contribution in [0.15, 0.2) is 48.5 Å². The van der Waals surface area contributed by atoms with E-state index >= 15 is 0 Å². The average Bonchev–Trinajstić information content (AvgIpc) is 3.29. The molecule has 2 aliphatic rings. The van der Waals surface area contributed by atoms with Crippen molar-refractivity contribution in [2.45, 2.75) is 12.3 Å². The second-order valence-electron chi connectivity index (χ2n) is 7.54. The first-order valence-corrected chi connectivity index (χ1v) is 9.85. The van der Waals surface area contributed by atoms with E-state index in [2.05, 4.69) is 39.8 Å². The predicted octanol–water partition coefficient (Wildman–Crippen LogP) is 2.93. The molecule has 2 saturated heterocycles. The Morgan fingerprint density at radius 3 is 2.46 bits per heavy atom. The largest absolute Gasteiger partial charge is 0.378 e. The zero-order valence-electron chi connectivity index (χ0n) is 16.0. The number of carbonyl (C=O) groups is 1. The number of rotatable bonds is 3. The zero-order chi connectivity index (χ0) is 19.1. The summed E-state index contributed by atoms with van der Waals surface area (Å²) in [4.78, 5) is 21.7. The molecule has 0 bridgehead atoms. The van der Waals surface area contributed by atoms with Gasteiger partial charge in [-0.2, -0.15) is 0 Å². The molecule has 1 aromatic heterocycles. The molecule has 1 unspecified atom stereocenters. The first-order valence-electron chi connectivity index (χ1n) is 9.85. The molecule has 6 nitrogen and oxygen atoms in total. The SMILES string of the molecule is Cn1c(C2CC(=O)N(c3ccc(N4CCOCC4)cc3)C2)nc2ccccc21. The van der Waals surface area contributed by atoms with Crippen LogP contribution < -0.4 is 9.80 Å². The molecule has 0 aliphatic carbocycles. The van der Waals surface area contributed by atoms with Crippen molar-refractivity contribution in [1.82, 2.24) is 9.55 Å². The summed E-state index contributed by atoms with van der Waals surface area (Å²) in [6, 6.07) is 16.5. The van der Waals surface area contributed by atoms with Gasteiger partial charge >= 0.3 is 0 Å². The molecular weight excluding hydrogens is 352 g/mol. The lowest BCUT2D eigenvalue weighted by atomic mass is 10.1. The molecule has 0 saturated carbocycles. The average molecular weight is 376 g/mol. The summed E-state index contributed by atoms with van der Waals surface area (Å²) in [6.07, 6.45) is 0.502. The van der Waals surface area contributed by atoms with Gasteiger partial charge in [0.15, 0.2) is 0 Å². The van der Waals surface area contributed by atoms with Crippen molar-refractivity contribution in [2.75, 3.05) is 42.6 Å². The van der Waals surface area contributed by atoms with Crippen LogP contribution in [0.25, 0.3) is 11.0 Å².